The van der Waals surface area contributed by atoms with Gasteiger partial charge in [0, 0.05) is 46.8 Å². The third kappa shape index (κ3) is 6.55. The molecule has 0 spiro atoms. The van der Waals surface area contributed by atoms with E-state index in [-0.39, 0.29) is 37.7 Å². The van der Waals surface area contributed by atoms with E-state index < -0.39 is 94.0 Å². The Kier molecular flexibility index (Phi) is 10.2. The highest BCUT2D eigenvalue weighted by Gasteiger charge is 2.80. The van der Waals surface area contributed by atoms with E-state index in [0.717, 1.165) is 10.8 Å². The number of hydrogen-bond donors (Lipinski definition) is 3. The average molecular weight is 850 g/mol. The number of amides is 1. The number of fused-ring (bicyclic) bond motifs is 8. The van der Waals surface area contributed by atoms with Crippen molar-refractivity contribution >= 4 is 45.9 Å². The summed E-state index contributed by atoms with van der Waals surface area (Å²) >= 11 is 0. The van der Waals surface area contributed by atoms with Crippen molar-refractivity contribution in [3.8, 4) is 0 Å². The van der Waals surface area contributed by atoms with Crippen LogP contribution in [0.3, 0.4) is 0 Å². The SMILES string of the molecule is CC1(C)O[C@@H]2C[C@H]3[C@@H]4CCC5=CC(=O)C=C[C@]5(C)[C@@]4(F)[C@@H](O)C[C@]3(C)[C@]2(C(=O)COC(=O)C2CC2C(=O)OCc2ccc([C@@H](CN)C(=O)Nc3ccc4cnccc4c3)cc2)O1. The van der Waals surface area contributed by atoms with E-state index in [1.165, 1.54) is 12.2 Å². The number of benzene rings is 2. The molecule has 1 saturated heterocycles. The number of aromatic nitrogens is 1. The molecule has 0 bridgehead atoms. The van der Waals surface area contributed by atoms with Gasteiger partial charge in [-0.15, -0.1) is 0 Å². The van der Waals surface area contributed by atoms with E-state index in [4.69, 9.17) is 24.7 Å². The summed E-state index contributed by atoms with van der Waals surface area (Å²) in [6, 6.07) is 14.5. The van der Waals surface area contributed by atoms with Crippen molar-refractivity contribution in [2.24, 2.45) is 40.2 Å². The Morgan fingerprint density at radius 2 is 1.73 bits per heavy atom. The predicted octanol–water partition coefficient (Wildman–Crippen LogP) is 5.58. The fraction of sp³-hybridized carbons (Fsp3) is 0.500. The smallest absolute Gasteiger partial charge is 0.310 e. The van der Waals surface area contributed by atoms with Crippen LogP contribution < -0.4 is 11.1 Å². The molecule has 2 unspecified atom stereocenters. The van der Waals surface area contributed by atoms with Gasteiger partial charge in [-0.2, -0.15) is 0 Å². The highest BCUT2D eigenvalue weighted by atomic mass is 19.1. The lowest BCUT2D eigenvalue weighted by Gasteiger charge is -2.62. The summed E-state index contributed by atoms with van der Waals surface area (Å²) in [5.41, 5.74) is 2.65. The van der Waals surface area contributed by atoms with Crippen molar-refractivity contribution < 1.29 is 52.4 Å². The number of ketones is 2. The molecule has 62 heavy (non-hydrogen) atoms. The minimum absolute atomic E-state index is 0.0593. The van der Waals surface area contributed by atoms with Gasteiger partial charge in [0.05, 0.1) is 30.0 Å². The number of allylic oxidation sites excluding steroid dienone is 4. The monoisotopic (exact) mass is 849 g/mol. The molecule has 326 valence electrons. The number of alkyl halides is 1. The Balaban J connectivity index is 0.807. The molecular weight excluding hydrogens is 798 g/mol. The molecule has 5 fully saturated rings. The van der Waals surface area contributed by atoms with E-state index >= 15 is 4.39 Å². The van der Waals surface area contributed by atoms with Gasteiger partial charge in [-0.25, -0.2) is 4.39 Å². The number of ether oxygens (including phenoxy) is 4. The molecule has 2 heterocycles. The molecule has 0 radical (unpaired) electrons. The zero-order chi connectivity index (χ0) is 44.0. The van der Waals surface area contributed by atoms with Crippen LogP contribution >= 0.6 is 0 Å². The number of rotatable bonds is 11. The number of halogens is 1. The number of esters is 2. The van der Waals surface area contributed by atoms with Crippen molar-refractivity contribution in [1.82, 2.24) is 4.98 Å². The summed E-state index contributed by atoms with van der Waals surface area (Å²) in [5.74, 6) is -6.73. The minimum Gasteiger partial charge on any atom is -0.461 e. The average Bonchev–Trinajstić information content (AvgIpc) is 3.95. The number of pyridine rings is 1. The maximum absolute atomic E-state index is 17.8. The summed E-state index contributed by atoms with van der Waals surface area (Å²) in [6.07, 6.45) is 6.81. The third-order valence-corrected chi connectivity index (χ3v) is 15.0. The van der Waals surface area contributed by atoms with Crippen LogP contribution in [0.25, 0.3) is 10.8 Å². The van der Waals surface area contributed by atoms with Gasteiger partial charge in [-0.05, 0) is 106 Å². The molecular formula is C48H52FN3O10. The van der Waals surface area contributed by atoms with Gasteiger partial charge in [0.25, 0.3) is 0 Å². The number of nitrogens with zero attached hydrogens (tertiary/aromatic N) is 1. The topological polar surface area (TPSA) is 193 Å². The lowest BCUT2D eigenvalue weighted by atomic mass is 9.44. The standard InChI is InChI=1S/C48H52FN3O10/c1-44(2)61-40-20-37-36-12-10-30-18-32(53)13-15-45(30,3)47(36,49)38(54)21-46(37,4)48(40,62-44)39(55)25-60-43(58)34-19-33(34)42(57)59-24-26-5-7-27(8-6-26)35(22-50)41(56)52-31-11-9-29-23-51-16-14-28(29)17-31/h5-9,11,13-18,23,33-38,40,54H,10,12,19-22,24-25,50H2,1-4H3,(H,52,56)/t33?,34?,35-,36+,37+,38+,40-,45+,46+,47+,48-/m1/s1. The number of nitrogens with two attached hydrogens (primary N) is 1. The number of aliphatic hydroxyl groups is 1. The van der Waals surface area contributed by atoms with Crippen molar-refractivity contribution in [3.63, 3.8) is 0 Å². The number of nitrogens with one attached hydrogen (secondary N) is 1. The summed E-state index contributed by atoms with van der Waals surface area (Å²) in [5, 5.41) is 16.7. The van der Waals surface area contributed by atoms with Crippen molar-refractivity contribution in [2.45, 2.75) is 102 Å². The molecule has 5 aliphatic carbocycles. The maximum atomic E-state index is 17.8. The number of aliphatic hydroxyl groups excluding tert-OH is 1. The Morgan fingerprint density at radius 3 is 2.47 bits per heavy atom. The molecule has 9 rings (SSSR count). The Bertz CT molecular complexity index is 2440. The zero-order valence-electron chi connectivity index (χ0n) is 35.2. The molecule has 13 nitrogen and oxygen atoms in total. The fourth-order valence-corrected chi connectivity index (χ4v) is 11.8. The van der Waals surface area contributed by atoms with Gasteiger partial charge >= 0.3 is 11.9 Å². The van der Waals surface area contributed by atoms with Crippen LogP contribution in [0.2, 0.25) is 0 Å². The molecule has 1 aliphatic heterocycles. The van der Waals surface area contributed by atoms with E-state index in [1.54, 1.807) is 63.5 Å². The van der Waals surface area contributed by atoms with Gasteiger partial charge in [-0.1, -0.05) is 48.9 Å². The van der Waals surface area contributed by atoms with Crippen LogP contribution in [0.1, 0.15) is 76.8 Å². The number of carbonyl (C=O) groups is 5. The Labute approximate surface area is 358 Å². The van der Waals surface area contributed by atoms with Crippen molar-refractivity contribution in [2.75, 3.05) is 18.5 Å². The van der Waals surface area contributed by atoms with Gasteiger partial charge in [0.1, 0.15) is 6.61 Å². The molecule has 1 amide bonds. The Hall–Kier alpha value is -5.15. The van der Waals surface area contributed by atoms with Crippen LogP contribution in [0.4, 0.5) is 10.1 Å². The van der Waals surface area contributed by atoms with Gasteiger partial charge < -0.3 is 35.1 Å². The van der Waals surface area contributed by atoms with Gasteiger partial charge in [0.15, 0.2) is 29.4 Å². The molecule has 4 N–H and O–H groups in total. The largest absolute Gasteiger partial charge is 0.461 e. The highest BCUT2D eigenvalue weighted by Crippen LogP contribution is 2.72. The molecule has 2 aromatic carbocycles. The van der Waals surface area contributed by atoms with E-state index in [2.05, 4.69) is 10.3 Å². The Morgan fingerprint density at radius 1 is 0.984 bits per heavy atom. The quantitative estimate of drug-likeness (QED) is 0.203. The summed E-state index contributed by atoms with van der Waals surface area (Å²) in [7, 11) is 0. The predicted molar refractivity (Wildman–Crippen MR) is 222 cm³/mol. The van der Waals surface area contributed by atoms with E-state index in [9.17, 15) is 29.1 Å². The summed E-state index contributed by atoms with van der Waals surface area (Å²) in [6.45, 7) is 6.34. The van der Waals surface area contributed by atoms with Crippen LogP contribution in [0.5, 0.6) is 0 Å². The molecule has 3 aromatic rings. The third-order valence-electron chi connectivity index (χ3n) is 15.0. The normalized spacial score (nSPS) is 35.4. The first kappa shape index (κ1) is 42.2. The van der Waals surface area contributed by atoms with E-state index in [1.807, 2.05) is 31.2 Å². The maximum Gasteiger partial charge on any atom is 0.310 e. The summed E-state index contributed by atoms with van der Waals surface area (Å²) in [4.78, 5) is 70.4. The van der Waals surface area contributed by atoms with Gasteiger partial charge in [-0.3, -0.25) is 29.0 Å². The first-order valence-corrected chi connectivity index (χ1v) is 21.4. The van der Waals surface area contributed by atoms with Crippen molar-refractivity contribution in [3.05, 3.63) is 95.9 Å². The highest BCUT2D eigenvalue weighted by molar-refractivity contribution is 6.01. The van der Waals surface area contributed by atoms with Crippen molar-refractivity contribution in [1.29, 1.82) is 0 Å². The van der Waals surface area contributed by atoms with Crippen LogP contribution in [0.15, 0.2) is 84.7 Å². The molecule has 1 aromatic heterocycles. The lowest BCUT2D eigenvalue weighted by molar-refractivity contribution is -0.246. The summed E-state index contributed by atoms with van der Waals surface area (Å²) < 4.78 is 41.8. The minimum atomic E-state index is -2.11. The van der Waals surface area contributed by atoms with Crippen LogP contribution in [-0.4, -0.2) is 81.9 Å². The van der Waals surface area contributed by atoms with Gasteiger partial charge in [0.2, 0.25) is 11.7 Å². The van der Waals surface area contributed by atoms with Crippen LogP contribution in [0, 0.1) is 34.5 Å². The number of anilines is 1. The second-order valence-corrected chi connectivity index (χ2v) is 18.9. The fourth-order valence-electron chi connectivity index (χ4n) is 11.8. The zero-order valence-corrected chi connectivity index (χ0v) is 35.2. The second kappa shape index (κ2) is 15.0. The second-order valence-electron chi connectivity index (χ2n) is 18.9. The molecule has 6 aliphatic rings. The molecule has 4 saturated carbocycles. The first-order chi connectivity index (χ1) is 29.4. The molecule has 14 heteroatoms. The van der Waals surface area contributed by atoms with E-state index in [0.29, 0.717) is 41.6 Å². The first-order valence-electron chi connectivity index (χ1n) is 21.4. The number of carbonyl (C=O) groups excluding carboxylic acids is 5. The number of hydrogen-bond acceptors (Lipinski definition) is 12. The van der Waals surface area contributed by atoms with Crippen LogP contribution in [-0.2, 0) is 49.5 Å². The molecule has 11 atom stereocenters. The lowest BCUT2D eigenvalue weighted by Crippen LogP contribution is -2.70. The number of Topliss-reactive ketones (excluding diaryl/α,β-unsaturated/α-hetero) is 1.